The molecule has 0 bridgehead atoms. The molecule has 2 aliphatic rings. The van der Waals surface area contributed by atoms with Gasteiger partial charge in [0.2, 0.25) is 5.91 Å². The molecule has 0 aromatic heterocycles. The van der Waals surface area contributed by atoms with Gasteiger partial charge < -0.3 is 4.90 Å². The van der Waals surface area contributed by atoms with Crippen molar-refractivity contribution >= 4 is 5.91 Å². The molecule has 1 heterocycles. The standard InChI is InChI=1S/C15H19FN2O/c16-14-5-1-12(2-6-14)11-17-7-9-18(10-8-17)15(19)13-3-4-13/h1-2,5-6,13H,3-4,7-11H2. The van der Waals surface area contributed by atoms with Gasteiger partial charge in [0.1, 0.15) is 5.82 Å². The summed E-state index contributed by atoms with van der Waals surface area (Å²) in [5.41, 5.74) is 1.13. The van der Waals surface area contributed by atoms with E-state index in [1.54, 1.807) is 0 Å². The number of hydrogen-bond donors (Lipinski definition) is 0. The van der Waals surface area contributed by atoms with Crippen molar-refractivity contribution in [2.45, 2.75) is 19.4 Å². The number of benzene rings is 1. The first-order valence-corrected chi connectivity index (χ1v) is 6.98. The summed E-state index contributed by atoms with van der Waals surface area (Å²) in [7, 11) is 0. The van der Waals surface area contributed by atoms with Crippen LogP contribution in [0.5, 0.6) is 0 Å². The van der Waals surface area contributed by atoms with Crippen LogP contribution in [0.25, 0.3) is 0 Å². The summed E-state index contributed by atoms with van der Waals surface area (Å²) in [6.07, 6.45) is 2.16. The molecule has 1 amide bonds. The topological polar surface area (TPSA) is 23.6 Å². The van der Waals surface area contributed by atoms with Gasteiger partial charge in [-0.3, -0.25) is 9.69 Å². The van der Waals surface area contributed by atoms with Crippen molar-refractivity contribution in [2.75, 3.05) is 26.2 Å². The SMILES string of the molecule is O=C(C1CC1)N1CCN(Cc2ccc(F)cc2)CC1. The van der Waals surface area contributed by atoms with E-state index >= 15 is 0 Å². The molecule has 1 aromatic rings. The average molecular weight is 262 g/mol. The zero-order valence-corrected chi connectivity index (χ0v) is 11.0. The van der Waals surface area contributed by atoms with Gasteiger partial charge in [-0.25, -0.2) is 4.39 Å². The highest BCUT2D eigenvalue weighted by Gasteiger charge is 2.34. The van der Waals surface area contributed by atoms with Crippen LogP contribution in [-0.4, -0.2) is 41.9 Å². The number of rotatable bonds is 3. The summed E-state index contributed by atoms with van der Waals surface area (Å²) in [5, 5.41) is 0. The first-order chi connectivity index (χ1) is 9.22. The predicted octanol–water partition coefficient (Wildman–Crippen LogP) is 1.88. The molecule has 1 aliphatic carbocycles. The van der Waals surface area contributed by atoms with Gasteiger partial charge in [0, 0.05) is 38.6 Å². The summed E-state index contributed by atoms with van der Waals surface area (Å²) in [4.78, 5) is 16.3. The van der Waals surface area contributed by atoms with Gasteiger partial charge in [-0.15, -0.1) is 0 Å². The van der Waals surface area contributed by atoms with Crippen molar-refractivity contribution in [3.63, 3.8) is 0 Å². The van der Waals surface area contributed by atoms with Crippen molar-refractivity contribution in [1.82, 2.24) is 9.80 Å². The molecule has 1 aliphatic heterocycles. The Morgan fingerprint density at radius 3 is 2.32 bits per heavy atom. The third kappa shape index (κ3) is 3.13. The lowest BCUT2D eigenvalue weighted by Gasteiger charge is -2.34. The van der Waals surface area contributed by atoms with Crippen LogP contribution in [0, 0.1) is 11.7 Å². The molecule has 0 radical (unpaired) electrons. The van der Waals surface area contributed by atoms with E-state index in [1.165, 1.54) is 12.1 Å². The molecule has 102 valence electrons. The molecule has 3 rings (SSSR count). The van der Waals surface area contributed by atoms with Gasteiger partial charge in [-0.05, 0) is 30.5 Å². The number of piperazine rings is 1. The molecule has 2 fully saturated rings. The predicted molar refractivity (Wildman–Crippen MR) is 71.0 cm³/mol. The molecule has 1 saturated heterocycles. The Kier molecular flexibility index (Phi) is 3.51. The van der Waals surface area contributed by atoms with E-state index in [-0.39, 0.29) is 5.82 Å². The Hall–Kier alpha value is -1.42. The second-order valence-corrected chi connectivity index (χ2v) is 5.50. The van der Waals surface area contributed by atoms with Crippen LogP contribution in [0.1, 0.15) is 18.4 Å². The molecule has 1 aromatic carbocycles. The molecule has 1 saturated carbocycles. The zero-order valence-electron chi connectivity index (χ0n) is 11.0. The fraction of sp³-hybridized carbons (Fsp3) is 0.533. The van der Waals surface area contributed by atoms with Gasteiger partial charge in [0.05, 0.1) is 0 Å². The van der Waals surface area contributed by atoms with Crippen molar-refractivity contribution in [2.24, 2.45) is 5.92 Å². The van der Waals surface area contributed by atoms with E-state index in [0.29, 0.717) is 11.8 Å². The van der Waals surface area contributed by atoms with Crippen molar-refractivity contribution in [1.29, 1.82) is 0 Å². The molecule has 19 heavy (non-hydrogen) atoms. The smallest absolute Gasteiger partial charge is 0.225 e. The maximum Gasteiger partial charge on any atom is 0.225 e. The second kappa shape index (κ2) is 5.29. The Bertz CT molecular complexity index is 448. The minimum absolute atomic E-state index is 0.191. The molecule has 0 atom stereocenters. The maximum absolute atomic E-state index is 12.8. The fourth-order valence-corrected chi connectivity index (χ4v) is 2.56. The molecule has 0 spiro atoms. The summed E-state index contributed by atoms with van der Waals surface area (Å²) >= 11 is 0. The first-order valence-electron chi connectivity index (χ1n) is 6.98. The largest absolute Gasteiger partial charge is 0.340 e. The van der Waals surface area contributed by atoms with Crippen LogP contribution >= 0.6 is 0 Å². The van der Waals surface area contributed by atoms with Crippen LogP contribution in [0.4, 0.5) is 4.39 Å². The van der Waals surface area contributed by atoms with Gasteiger partial charge in [-0.1, -0.05) is 12.1 Å². The number of amides is 1. The molecule has 0 unspecified atom stereocenters. The lowest BCUT2D eigenvalue weighted by atomic mass is 10.2. The Morgan fingerprint density at radius 2 is 1.74 bits per heavy atom. The zero-order chi connectivity index (χ0) is 13.2. The van der Waals surface area contributed by atoms with Crippen molar-refractivity contribution in [3.8, 4) is 0 Å². The quantitative estimate of drug-likeness (QED) is 0.830. The van der Waals surface area contributed by atoms with Crippen molar-refractivity contribution in [3.05, 3.63) is 35.6 Å². The summed E-state index contributed by atoms with van der Waals surface area (Å²) in [5.74, 6) is 0.480. The third-order valence-corrected chi connectivity index (χ3v) is 3.93. The molecular weight excluding hydrogens is 243 g/mol. The van der Waals surface area contributed by atoms with Gasteiger partial charge in [-0.2, -0.15) is 0 Å². The molecular formula is C15H19FN2O. The Morgan fingerprint density at radius 1 is 1.11 bits per heavy atom. The number of carbonyl (C=O) groups is 1. The van der Waals surface area contributed by atoms with E-state index in [0.717, 1.165) is 51.1 Å². The van der Waals surface area contributed by atoms with Crippen molar-refractivity contribution < 1.29 is 9.18 Å². The number of hydrogen-bond acceptors (Lipinski definition) is 2. The van der Waals surface area contributed by atoms with Crippen LogP contribution in [0.15, 0.2) is 24.3 Å². The summed E-state index contributed by atoms with van der Waals surface area (Å²) < 4.78 is 12.8. The number of carbonyl (C=O) groups excluding carboxylic acids is 1. The van der Waals surface area contributed by atoms with Gasteiger partial charge in [0.25, 0.3) is 0 Å². The van der Waals surface area contributed by atoms with E-state index in [2.05, 4.69) is 4.90 Å². The van der Waals surface area contributed by atoms with Crippen LogP contribution in [-0.2, 0) is 11.3 Å². The number of nitrogens with zero attached hydrogens (tertiary/aromatic N) is 2. The second-order valence-electron chi connectivity index (χ2n) is 5.50. The monoisotopic (exact) mass is 262 g/mol. The normalized spacial score (nSPS) is 20.6. The van der Waals surface area contributed by atoms with Crippen LogP contribution in [0.2, 0.25) is 0 Å². The summed E-state index contributed by atoms with van der Waals surface area (Å²) in [6, 6.07) is 6.67. The third-order valence-electron chi connectivity index (χ3n) is 3.93. The Balaban J connectivity index is 1.49. The summed E-state index contributed by atoms with van der Waals surface area (Å²) in [6.45, 7) is 4.32. The van der Waals surface area contributed by atoms with Crippen LogP contribution < -0.4 is 0 Å². The van der Waals surface area contributed by atoms with E-state index < -0.39 is 0 Å². The van der Waals surface area contributed by atoms with Gasteiger partial charge >= 0.3 is 0 Å². The fourth-order valence-electron chi connectivity index (χ4n) is 2.56. The lowest BCUT2D eigenvalue weighted by Crippen LogP contribution is -2.48. The lowest BCUT2D eigenvalue weighted by molar-refractivity contribution is -0.134. The molecule has 3 nitrogen and oxygen atoms in total. The minimum Gasteiger partial charge on any atom is -0.340 e. The minimum atomic E-state index is -0.191. The van der Waals surface area contributed by atoms with E-state index in [4.69, 9.17) is 0 Å². The highest BCUT2D eigenvalue weighted by molar-refractivity contribution is 5.81. The Labute approximate surface area is 113 Å². The highest BCUT2D eigenvalue weighted by atomic mass is 19.1. The molecule has 4 heteroatoms. The maximum atomic E-state index is 12.8. The van der Waals surface area contributed by atoms with E-state index in [1.807, 2.05) is 17.0 Å². The van der Waals surface area contributed by atoms with Crippen LogP contribution in [0.3, 0.4) is 0 Å². The first kappa shape index (κ1) is 12.6. The van der Waals surface area contributed by atoms with Gasteiger partial charge in [0.15, 0.2) is 0 Å². The van der Waals surface area contributed by atoms with E-state index in [9.17, 15) is 9.18 Å². The molecule has 0 N–H and O–H groups in total. The highest BCUT2D eigenvalue weighted by Crippen LogP contribution is 2.31. The number of halogens is 1. The average Bonchev–Trinajstić information content (AvgIpc) is 3.26.